The van der Waals surface area contributed by atoms with Gasteiger partial charge >= 0.3 is 0 Å². The van der Waals surface area contributed by atoms with Crippen molar-refractivity contribution in [3.63, 3.8) is 0 Å². The minimum absolute atomic E-state index is 0.215. The normalized spacial score (nSPS) is 12.5. The Bertz CT molecular complexity index is 361. The lowest BCUT2D eigenvalue weighted by atomic mass is 9.96. The zero-order valence-corrected chi connectivity index (χ0v) is 10.4. The average Bonchev–Trinajstić information content (AvgIpc) is 2.08. The van der Waals surface area contributed by atoms with Crippen LogP contribution in [0.2, 0.25) is 10.0 Å². The highest BCUT2D eigenvalue weighted by atomic mass is 35.5. The lowest BCUT2D eigenvalue weighted by molar-refractivity contribution is -0.117. The van der Waals surface area contributed by atoms with Crippen LogP contribution in [0.3, 0.4) is 0 Å². The summed E-state index contributed by atoms with van der Waals surface area (Å²) in [6.07, 6.45) is 1.41. The first-order valence-corrected chi connectivity index (χ1v) is 5.68. The second-order valence-electron chi connectivity index (χ2n) is 3.95. The van der Waals surface area contributed by atoms with Crippen LogP contribution in [0.1, 0.15) is 25.8 Å². The largest absolute Gasteiger partial charge is 0.300 e. The summed E-state index contributed by atoms with van der Waals surface area (Å²) in [6.45, 7) is 3.66. The first-order chi connectivity index (χ1) is 6.99. The van der Waals surface area contributed by atoms with Crippen LogP contribution in [0.4, 0.5) is 0 Å². The molecule has 1 rings (SSSR count). The third-order valence-corrected chi connectivity index (χ3v) is 2.81. The average molecular weight is 245 g/mol. The second kappa shape index (κ2) is 5.53. The van der Waals surface area contributed by atoms with Gasteiger partial charge in [-0.05, 0) is 37.0 Å². The zero-order chi connectivity index (χ0) is 11.4. The number of benzene rings is 1. The van der Waals surface area contributed by atoms with Crippen LogP contribution < -0.4 is 0 Å². The highest BCUT2D eigenvalue weighted by Crippen LogP contribution is 2.24. The van der Waals surface area contributed by atoms with Gasteiger partial charge in [-0.2, -0.15) is 0 Å². The van der Waals surface area contributed by atoms with Crippen molar-refractivity contribution in [3.05, 3.63) is 33.8 Å². The van der Waals surface area contributed by atoms with Gasteiger partial charge in [-0.15, -0.1) is 0 Å². The molecule has 0 fully saturated rings. The Kier molecular flexibility index (Phi) is 4.62. The molecule has 0 saturated carbocycles. The maximum absolute atomic E-state index is 10.9. The van der Waals surface area contributed by atoms with E-state index in [-0.39, 0.29) is 5.78 Å². The smallest absolute Gasteiger partial charge is 0.130 e. The van der Waals surface area contributed by atoms with Crippen LogP contribution in [0.5, 0.6) is 0 Å². The molecule has 0 aliphatic heterocycles. The van der Waals surface area contributed by atoms with Gasteiger partial charge in [0.15, 0.2) is 0 Å². The summed E-state index contributed by atoms with van der Waals surface area (Å²) < 4.78 is 0. The van der Waals surface area contributed by atoms with Gasteiger partial charge in [0.2, 0.25) is 0 Å². The molecule has 0 aliphatic carbocycles. The number of carbonyl (C=O) groups excluding carboxylic acids is 1. The molecule has 15 heavy (non-hydrogen) atoms. The van der Waals surface area contributed by atoms with Gasteiger partial charge in [-0.25, -0.2) is 0 Å². The fourth-order valence-electron chi connectivity index (χ4n) is 1.63. The molecule has 1 aromatic carbocycles. The van der Waals surface area contributed by atoms with Crippen LogP contribution in [0, 0.1) is 5.92 Å². The maximum Gasteiger partial charge on any atom is 0.130 e. The molecular formula is C12H14Cl2O. The lowest BCUT2D eigenvalue weighted by Gasteiger charge is -2.10. The Morgan fingerprint density at radius 2 is 2.07 bits per heavy atom. The van der Waals surface area contributed by atoms with Crippen LogP contribution in [-0.4, -0.2) is 5.78 Å². The molecular weight excluding hydrogens is 231 g/mol. The number of halogens is 2. The predicted octanol–water partition coefficient (Wildman–Crippen LogP) is 4.15. The van der Waals surface area contributed by atoms with E-state index in [1.54, 1.807) is 13.0 Å². The topological polar surface area (TPSA) is 17.1 Å². The van der Waals surface area contributed by atoms with Crippen LogP contribution in [0.25, 0.3) is 0 Å². The summed E-state index contributed by atoms with van der Waals surface area (Å²) in [7, 11) is 0. The number of hydrogen-bond acceptors (Lipinski definition) is 1. The SMILES string of the molecule is CC(=O)CC(C)Cc1ccc(Cl)cc1Cl. The molecule has 0 saturated heterocycles. The van der Waals surface area contributed by atoms with Crippen molar-refractivity contribution in [2.24, 2.45) is 5.92 Å². The summed E-state index contributed by atoms with van der Waals surface area (Å²) >= 11 is 11.8. The van der Waals surface area contributed by atoms with Crippen molar-refractivity contribution in [1.29, 1.82) is 0 Å². The quantitative estimate of drug-likeness (QED) is 0.778. The standard InChI is InChI=1S/C12H14Cl2O/c1-8(5-9(2)15)6-10-3-4-11(13)7-12(10)14/h3-4,7-8H,5-6H2,1-2H3. The summed E-state index contributed by atoms with van der Waals surface area (Å²) in [5.74, 6) is 0.536. The van der Waals surface area contributed by atoms with E-state index in [4.69, 9.17) is 23.2 Å². The number of ketones is 1. The van der Waals surface area contributed by atoms with E-state index >= 15 is 0 Å². The van der Waals surface area contributed by atoms with Crippen molar-refractivity contribution < 1.29 is 4.79 Å². The third kappa shape index (κ3) is 4.23. The van der Waals surface area contributed by atoms with Crippen molar-refractivity contribution in [1.82, 2.24) is 0 Å². The highest BCUT2D eigenvalue weighted by molar-refractivity contribution is 6.35. The van der Waals surface area contributed by atoms with E-state index < -0.39 is 0 Å². The van der Waals surface area contributed by atoms with E-state index in [0.29, 0.717) is 22.4 Å². The first-order valence-electron chi connectivity index (χ1n) is 4.92. The molecule has 1 nitrogen and oxygen atoms in total. The summed E-state index contributed by atoms with van der Waals surface area (Å²) in [4.78, 5) is 10.9. The molecule has 3 heteroatoms. The fourth-order valence-corrected chi connectivity index (χ4v) is 2.11. The van der Waals surface area contributed by atoms with E-state index in [0.717, 1.165) is 12.0 Å². The van der Waals surface area contributed by atoms with Crippen LogP contribution in [-0.2, 0) is 11.2 Å². The minimum atomic E-state index is 0.215. The Labute approximate surface area is 100 Å². The Hall–Kier alpha value is -0.530. The van der Waals surface area contributed by atoms with E-state index in [1.807, 2.05) is 19.1 Å². The van der Waals surface area contributed by atoms with E-state index in [2.05, 4.69) is 0 Å². The molecule has 1 aromatic rings. The molecule has 0 N–H and O–H groups in total. The summed E-state index contributed by atoms with van der Waals surface area (Å²) in [5, 5.41) is 1.32. The molecule has 0 radical (unpaired) electrons. The van der Waals surface area contributed by atoms with Gasteiger partial charge in [0.25, 0.3) is 0 Å². The Morgan fingerprint density at radius 1 is 1.40 bits per heavy atom. The van der Waals surface area contributed by atoms with Crippen molar-refractivity contribution >= 4 is 29.0 Å². The number of Topliss-reactive ketones (excluding diaryl/α,β-unsaturated/α-hetero) is 1. The van der Waals surface area contributed by atoms with Gasteiger partial charge in [0.05, 0.1) is 0 Å². The number of hydrogen-bond donors (Lipinski definition) is 0. The molecule has 82 valence electrons. The number of carbonyl (C=O) groups is 1. The molecule has 0 heterocycles. The monoisotopic (exact) mass is 244 g/mol. The lowest BCUT2D eigenvalue weighted by Crippen LogP contribution is -2.05. The van der Waals surface area contributed by atoms with E-state index in [1.165, 1.54) is 0 Å². The number of rotatable bonds is 4. The molecule has 0 spiro atoms. The van der Waals surface area contributed by atoms with Gasteiger partial charge in [0, 0.05) is 16.5 Å². The predicted molar refractivity (Wildman–Crippen MR) is 64.6 cm³/mol. The molecule has 0 bridgehead atoms. The maximum atomic E-state index is 10.9. The van der Waals surface area contributed by atoms with Gasteiger partial charge < -0.3 is 4.79 Å². The molecule has 1 unspecified atom stereocenters. The molecule has 1 atom stereocenters. The molecule has 0 aliphatic rings. The van der Waals surface area contributed by atoms with Crippen molar-refractivity contribution in [2.75, 3.05) is 0 Å². The highest BCUT2D eigenvalue weighted by Gasteiger charge is 2.09. The second-order valence-corrected chi connectivity index (χ2v) is 4.79. The Balaban J connectivity index is 2.68. The van der Waals surface area contributed by atoms with Crippen LogP contribution in [0.15, 0.2) is 18.2 Å². The van der Waals surface area contributed by atoms with Gasteiger partial charge in [-0.3, -0.25) is 0 Å². The van der Waals surface area contributed by atoms with Crippen LogP contribution >= 0.6 is 23.2 Å². The fraction of sp³-hybridized carbons (Fsp3) is 0.417. The third-order valence-electron chi connectivity index (χ3n) is 2.22. The van der Waals surface area contributed by atoms with Crippen molar-refractivity contribution in [3.8, 4) is 0 Å². The van der Waals surface area contributed by atoms with E-state index in [9.17, 15) is 4.79 Å². The summed E-state index contributed by atoms with van der Waals surface area (Å²) in [6, 6.07) is 5.48. The zero-order valence-electron chi connectivity index (χ0n) is 8.89. The molecule has 0 aromatic heterocycles. The molecule has 0 amide bonds. The first kappa shape index (κ1) is 12.5. The Morgan fingerprint density at radius 3 is 2.60 bits per heavy atom. The minimum Gasteiger partial charge on any atom is -0.300 e. The van der Waals surface area contributed by atoms with Gasteiger partial charge in [0.1, 0.15) is 5.78 Å². The van der Waals surface area contributed by atoms with Crippen molar-refractivity contribution in [2.45, 2.75) is 26.7 Å². The summed E-state index contributed by atoms with van der Waals surface area (Å²) in [5.41, 5.74) is 1.05. The van der Waals surface area contributed by atoms with Gasteiger partial charge in [-0.1, -0.05) is 36.2 Å².